The first-order valence-electron chi connectivity index (χ1n) is 9.48. The number of amides is 2. The summed E-state index contributed by atoms with van der Waals surface area (Å²) in [4.78, 5) is 30.7. The Morgan fingerprint density at radius 3 is 2.54 bits per heavy atom. The molecule has 0 spiro atoms. The second-order valence-corrected chi connectivity index (χ2v) is 7.53. The van der Waals surface area contributed by atoms with Crippen molar-refractivity contribution in [2.24, 2.45) is 0 Å². The van der Waals surface area contributed by atoms with Gasteiger partial charge in [0.15, 0.2) is 0 Å². The molecule has 2 fully saturated rings. The molecule has 1 atom stereocenters. The van der Waals surface area contributed by atoms with Crippen LogP contribution in [0, 0.1) is 6.92 Å². The first kappa shape index (κ1) is 18.9. The lowest BCUT2D eigenvalue weighted by molar-refractivity contribution is -0.133. The van der Waals surface area contributed by atoms with Crippen molar-refractivity contribution in [3.8, 4) is 0 Å². The average Bonchev–Trinajstić information content (AvgIpc) is 3.34. The predicted octanol–water partition coefficient (Wildman–Crippen LogP) is 0.831. The zero-order valence-corrected chi connectivity index (χ0v) is 16.0. The molecule has 0 aromatic carbocycles. The quantitative estimate of drug-likeness (QED) is 0.778. The van der Waals surface area contributed by atoms with Crippen molar-refractivity contribution in [2.45, 2.75) is 45.3 Å². The predicted molar refractivity (Wildman–Crippen MR) is 98.6 cm³/mol. The zero-order valence-electron chi connectivity index (χ0n) is 16.0. The number of aryl methyl sites for hydroxylation is 1. The zero-order chi connectivity index (χ0) is 18.7. The molecular formula is C19H30N4O3. The summed E-state index contributed by atoms with van der Waals surface area (Å²) in [5.74, 6) is 1.88. The number of carbonyl (C=O) groups excluding carboxylic acids is 2. The van der Waals surface area contributed by atoms with Gasteiger partial charge in [-0.1, -0.05) is 0 Å². The lowest BCUT2D eigenvalue weighted by Crippen LogP contribution is -2.55. The Kier molecular flexibility index (Phi) is 5.98. The number of nitrogens with one attached hydrogen (secondary N) is 1. The third kappa shape index (κ3) is 5.08. The van der Waals surface area contributed by atoms with E-state index in [1.54, 1.807) is 11.9 Å². The van der Waals surface area contributed by atoms with E-state index in [2.05, 4.69) is 15.1 Å². The van der Waals surface area contributed by atoms with Crippen molar-refractivity contribution in [3.63, 3.8) is 0 Å². The molecule has 1 saturated carbocycles. The Morgan fingerprint density at radius 1 is 1.27 bits per heavy atom. The standard InChI is InChI=1S/C19H30N4O3/c1-14-4-7-17(26-14)12-21(3)18(24)13-22-8-10-23(11-9-22)15(2)19(25)20-16-5-6-16/h4,7,15-16H,5-6,8-13H2,1-3H3,(H,20,25). The number of carbonyl (C=O) groups is 2. The van der Waals surface area contributed by atoms with Crippen LogP contribution in [0.3, 0.4) is 0 Å². The highest BCUT2D eigenvalue weighted by molar-refractivity contribution is 5.82. The molecule has 0 bridgehead atoms. The molecule has 7 heteroatoms. The van der Waals surface area contributed by atoms with Crippen molar-refractivity contribution >= 4 is 11.8 Å². The van der Waals surface area contributed by atoms with E-state index in [-0.39, 0.29) is 17.9 Å². The minimum atomic E-state index is -0.0988. The molecule has 2 heterocycles. The van der Waals surface area contributed by atoms with Gasteiger partial charge in [0.25, 0.3) is 0 Å². The fourth-order valence-electron chi connectivity index (χ4n) is 3.23. The lowest BCUT2D eigenvalue weighted by atomic mass is 10.2. The minimum Gasteiger partial charge on any atom is -0.464 e. The summed E-state index contributed by atoms with van der Waals surface area (Å²) >= 11 is 0. The van der Waals surface area contributed by atoms with Crippen LogP contribution in [0.1, 0.15) is 31.3 Å². The summed E-state index contributed by atoms with van der Waals surface area (Å²) in [7, 11) is 1.81. The van der Waals surface area contributed by atoms with E-state index in [1.165, 1.54) is 0 Å². The van der Waals surface area contributed by atoms with Gasteiger partial charge in [-0.3, -0.25) is 19.4 Å². The van der Waals surface area contributed by atoms with Crippen molar-refractivity contribution in [2.75, 3.05) is 39.8 Å². The van der Waals surface area contributed by atoms with E-state index in [0.29, 0.717) is 19.1 Å². The highest BCUT2D eigenvalue weighted by Crippen LogP contribution is 2.19. The number of rotatable bonds is 7. The maximum absolute atomic E-state index is 12.4. The maximum Gasteiger partial charge on any atom is 0.237 e. The Morgan fingerprint density at radius 2 is 1.96 bits per heavy atom. The van der Waals surface area contributed by atoms with Gasteiger partial charge in [-0.05, 0) is 38.8 Å². The smallest absolute Gasteiger partial charge is 0.237 e. The molecule has 1 aliphatic heterocycles. The molecular weight excluding hydrogens is 332 g/mol. The third-order valence-corrected chi connectivity index (χ3v) is 5.23. The van der Waals surface area contributed by atoms with E-state index in [1.807, 2.05) is 26.0 Å². The van der Waals surface area contributed by atoms with Crippen LogP contribution in [0.4, 0.5) is 0 Å². The number of nitrogens with zero attached hydrogens (tertiary/aromatic N) is 3. The Hall–Kier alpha value is -1.86. The Balaban J connectivity index is 1.39. The van der Waals surface area contributed by atoms with Gasteiger partial charge in [-0.15, -0.1) is 0 Å². The fourth-order valence-corrected chi connectivity index (χ4v) is 3.23. The van der Waals surface area contributed by atoms with Crippen molar-refractivity contribution in [1.82, 2.24) is 20.0 Å². The van der Waals surface area contributed by atoms with E-state index < -0.39 is 0 Å². The molecule has 1 unspecified atom stereocenters. The fraction of sp³-hybridized carbons (Fsp3) is 0.684. The molecule has 1 saturated heterocycles. The summed E-state index contributed by atoms with van der Waals surface area (Å²) in [6, 6.07) is 4.12. The van der Waals surface area contributed by atoms with E-state index in [9.17, 15) is 9.59 Å². The lowest BCUT2D eigenvalue weighted by Gasteiger charge is -2.37. The first-order valence-corrected chi connectivity index (χ1v) is 9.48. The summed E-state index contributed by atoms with van der Waals surface area (Å²) in [6.07, 6.45) is 2.22. The van der Waals surface area contributed by atoms with Crippen molar-refractivity contribution in [1.29, 1.82) is 0 Å². The van der Waals surface area contributed by atoms with Gasteiger partial charge < -0.3 is 14.6 Å². The summed E-state index contributed by atoms with van der Waals surface area (Å²) in [5, 5.41) is 3.07. The molecule has 2 amide bonds. The minimum absolute atomic E-state index is 0.0898. The van der Waals surface area contributed by atoms with Gasteiger partial charge in [-0.25, -0.2) is 0 Å². The molecule has 26 heavy (non-hydrogen) atoms. The highest BCUT2D eigenvalue weighted by atomic mass is 16.3. The average molecular weight is 362 g/mol. The molecule has 7 nitrogen and oxygen atoms in total. The van der Waals surface area contributed by atoms with E-state index in [0.717, 1.165) is 50.5 Å². The molecule has 0 radical (unpaired) electrons. The van der Waals surface area contributed by atoms with E-state index >= 15 is 0 Å². The van der Waals surface area contributed by atoms with Crippen molar-refractivity contribution < 1.29 is 14.0 Å². The number of likely N-dealkylation sites (N-methyl/N-ethyl adjacent to an activating group) is 1. The Labute approximate surface area is 155 Å². The second-order valence-electron chi connectivity index (χ2n) is 7.53. The largest absolute Gasteiger partial charge is 0.464 e. The Bertz CT molecular complexity index is 632. The van der Waals surface area contributed by atoms with Crippen LogP contribution in [0.15, 0.2) is 16.5 Å². The number of hydrogen-bond acceptors (Lipinski definition) is 5. The maximum atomic E-state index is 12.4. The molecule has 1 aromatic rings. The van der Waals surface area contributed by atoms with Crippen LogP contribution in [0.5, 0.6) is 0 Å². The van der Waals surface area contributed by atoms with Crippen LogP contribution >= 0.6 is 0 Å². The van der Waals surface area contributed by atoms with Gasteiger partial charge >= 0.3 is 0 Å². The number of furan rings is 1. The number of hydrogen-bond donors (Lipinski definition) is 1. The molecule has 1 N–H and O–H groups in total. The van der Waals surface area contributed by atoms with Gasteiger partial charge in [0.05, 0.1) is 19.1 Å². The topological polar surface area (TPSA) is 69.0 Å². The third-order valence-electron chi connectivity index (χ3n) is 5.23. The number of piperazine rings is 1. The van der Waals surface area contributed by atoms with Crippen molar-refractivity contribution in [3.05, 3.63) is 23.7 Å². The van der Waals surface area contributed by atoms with Gasteiger partial charge in [0.1, 0.15) is 11.5 Å². The highest BCUT2D eigenvalue weighted by Gasteiger charge is 2.30. The molecule has 1 aromatic heterocycles. The van der Waals surface area contributed by atoms with Gasteiger partial charge in [-0.2, -0.15) is 0 Å². The van der Waals surface area contributed by atoms with Crippen LogP contribution in [0.2, 0.25) is 0 Å². The SMILES string of the molecule is Cc1ccc(CN(C)C(=O)CN2CCN(C(C)C(=O)NC3CC3)CC2)o1. The first-order chi connectivity index (χ1) is 12.4. The van der Waals surface area contributed by atoms with Gasteiger partial charge in [0, 0.05) is 39.3 Å². The molecule has 1 aliphatic carbocycles. The molecule has 144 valence electrons. The van der Waals surface area contributed by atoms with Gasteiger partial charge in [0.2, 0.25) is 11.8 Å². The van der Waals surface area contributed by atoms with Crippen LogP contribution in [-0.2, 0) is 16.1 Å². The summed E-state index contributed by atoms with van der Waals surface area (Å²) < 4.78 is 5.54. The molecule has 2 aliphatic rings. The summed E-state index contributed by atoms with van der Waals surface area (Å²) in [6.45, 7) is 8.01. The second kappa shape index (κ2) is 8.22. The van der Waals surface area contributed by atoms with Crippen LogP contribution in [-0.4, -0.2) is 78.4 Å². The molecule has 3 rings (SSSR count). The normalized spacial score (nSPS) is 20.0. The summed E-state index contributed by atoms with van der Waals surface area (Å²) in [5.41, 5.74) is 0. The monoisotopic (exact) mass is 362 g/mol. The van der Waals surface area contributed by atoms with Crippen LogP contribution < -0.4 is 5.32 Å². The van der Waals surface area contributed by atoms with E-state index in [4.69, 9.17) is 4.42 Å². The van der Waals surface area contributed by atoms with Crippen LogP contribution in [0.25, 0.3) is 0 Å².